The van der Waals surface area contributed by atoms with Crippen molar-refractivity contribution in [1.82, 2.24) is 0 Å². The second kappa shape index (κ2) is 4.03. The molecule has 3 nitrogen and oxygen atoms in total. The highest BCUT2D eigenvalue weighted by atomic mass is 16.2. The topological polar surface area (TPSA) is 46.3 Å². The molecule has 3 heteroatoms. The van der Waals surface area contributed by atoms with Crippen molar-refractivity contribution in [2.75, 3.05) is 18.0 Å². The molecule has 0 saturated carbocycles. The Labute approximate surface area is 89.9 Å². The standard InChI is InChI=1S/C12H16N2O/c1-9-2-4-11(5-3-9)14-7-6-10(8-13)12(14)15/h2-5,10H,6-8,13H2,1H3. The van der Waals surface area contributed by atoms with Crippen molar-refractivity contribution < 1.29 is 4.79 Å². The van der Waals surface area contributed by atoms with E-state index in [-0.39, 0.29) is 11.8 Å². The second-order valence-electron chi connectivity index (χ2n) is 4.05. The number of nitrogens with two attached hydrogens (primary N) is 1. The number of aryl methyl sites for hydroxylation is 1. The lowest BCUT2D eigenvalue weighted by molar-refractivity contribution is -0.120. The predicted molar refractivity (Wildman–Crippen MR) is 60.7 cm³/mol. The minimum Gasteiger partial charge on any atom is -0.330 e. The first-order chi connectivity index (χ1) is 7.22. The number of carbonyl (C=O) groups is 1. The van der Waals surface area contributed by atoms with E-state index in [1.165, 1.54) is 5.56 Å². The summed E-state index contributed by atoms with van der Waals surface area (Å²) in [5.41, 5.74) is 7.74. The molecule has 1 unspecified atom stereocenters. The van der Waals surface area contributed by atoms with Gasteiger partial charge in [0.05, 0.1) is 5.92 Å². The van der Waals surface area contributed by atoms with Gasteiger partial charge in [0.25, 0.3) is 0 Å². The maximum Gasteiger partial charge on any atom is 0.231 e. The fraction of sp³-hybridized carbons (Fsp3) is 0.417. The Morgan fingerprint density at radius 1 is 1.40 bits per heavy atom. The molecule has 0 spiro atoms. The van der Waals surface area contributed by atoms with E-state index in [1.54, 1.807) is 0 Å². The van der Waals surface area contributed by atoms with Crippen molar-refractivity contribution in [3.63, 3.8) is 0 Å². The molecular formula is C12H16N2O. The molecule has 1 fully saturated rings. The Bertz CT molecular complexity index is 358. The summed E-state index contributed by atoms with van der Waals surface area (Å²) in [7, 11) is 0. The normalized spacial score (nSPS) is 21.1. The van der Waals surface area contributed by atoms with Gasteiger partial charge in [0.1, 0.15) is 0 Å². The molecule has 1 atom stereocenters. The Hall–Kier alpha value is -1.35. The van der Waals surface area contributed by atoms with Crippen LogP contribution in [-0.4, -0.2) is 19.0 Å². The largest absolute Gasteiger partial charge is 0.330 e. The lowest BCUT2D eigenvalue weighted by atomic mass is 10.1. The lowest BCUT2D eigenvalue weighted by Crippen LogP contribution is -2.29. The first-order valence-corrected chi connectivity index (χ1v) is 5.30. The summed E-state index contributed by atoms with van der Waals surface area (Å²) in [5, 5.41) is 0. The molecule has 0 aromatic heterocycles. The maximum absolute atomic E-state index is 11.9. The van der Waals surface area contributed by atoms with E-state index in [9.17, 15) is 4.79 Å². The molecule has 1 heterocycles. The van der Waals surface area contributed by atoms with Crippen molar-refractivity contribution in [2.45, 2.75) is 13.3 Å². The first-order valence-electron chi connectivity index (χ1n) is 5.30. The van der Waals surface area contributed by atoms with Gasteiger partial charge in [-0.3, -0.25) is 4.79 Å². The molecule has 0 aliphatic carbocycles. The second-order valence-corrected chi connectivity index (χ2v) is 4.05. The van der Waals surface area contributed by atoms with Crippen LogP contribution in [0, 0.1) is 12.8 Å². The monoisotopic (exact) mass is 204 g/mol. The van der Waals surface area contributed by atoms with Crippen LogP contribution in [0.2, 0.25) is 0 Å². The van der Waals surface area contributed by atoms with E-state index in [0.29, 0.717) is 6.54 Å². The van der Waals surface area contributed by atoms with Crippen molar-refractivity contribution in [3.05, 3.63) is 29.8 Å². The zero-order valence-electron chi connectivity index (χ0n) is 8.94. The molecule has 1 aromatic carbocycles. The van der Waals surface area contributed by atoms with Gasteiger partial charge in [0.2, 0.25) is 5.91 Å². The molecule has 1 saturated heterocycles. The molecule has 0 bridgehead atoms. The van der Waals surface area contributed by atoms with Gasteiger partial charge >= 0.3 is 0 Å². The number of anilines is 1. The highest BCUT2D eigenvalue weighted by Gasteiger charge is 2.31. The van der Waals surface area contributed by atoms with Crippen LogP contribution < -0.4 is 10.6 Å². The Kier molecular flexibility index (Phi) is 2.73. The molecule has 0 radical (unpaired) electrons. The highest BCUT2D eigenvalue weighted by Crippen LogP contribution is 2.24. The fourth-order valence-electron chi connectivity index (χ4n) is 1.94. The third-order valence-electron chi connectivity index (χ3n) is 2.95. The zero-order chi connectivity index (χ0) is 10.8. The van der Waals surface area contributed by atoms with E-state index in [2.05, 4.69) is 0 Å². The fourth-order valence-corrected chi connectivity index (χ4v) is 1.94. The third-order valence-corrected chi connectivity index (χ3v) is 2.95. The van der Waals surface area contributed by atoms with Gasteiger partial charge in [0.15, 0.2) is 0 Å². The van der Waals surface area contributed by atoms with Gasteiger partial charge in [-0.05, 0) is 25.5 Å². The van der Waals surface area contributed by atoms with Crippen LogP contribution in [0.1, 0.15) is 12.0 Å². The minimum atomic E-state index is 0.0197. The van der Waals surface area contributed by atoms with Gasteiger partial charge in [0, 0.05) is 18.8 Å². The van der Waals surface area contributed by atoms with E-state index in [1.807, 2.05) is 36.1 Å². The van der Waals surface area contributed by atoms with Crippen LogP contribution in [0.3, 0.4) is 0 Å². The summed E-state index contributed by atoms with van der Waals surface area (Å²) < 4.78 is 0. The lowest BCUT2D eigenvalue weighted by Gasteiger charge is -2.16. The molecule has 1 aromatic rings. The van der Waals surface area contributed by atoms with Crippen LogP contribution in [0.5, 0.6) is 0 Å². The number of rotatable bonds is 2. The smallest absolute Gasteiger partial charge is 0.231 e. The Morgan fingerprint density at radius 2 is 2.07 bits per heavy atom. The van der Waals surface area contributed by atoms with Crippen molar-refractivity contribution in [1.29, 1.82) is 0 Å². The van der Waals surface area contributed by atoms with Crippen molar-refractivity contribution in [2.24, 2.45) is 11.7 Å². The van der Waals surface area contributed by atoms with Crippen LogP contribution >= 0.6 is 0 Å². The molecule has 15 heavy (non-hydrogen) atoms. The number of amides is 1. The van der Waals surface area contributed by atoms with Crippen LogP contribution in [0.4, 0.5) is 5.69 Å². The van der Waals surface area contributed by atoms with Crippen LogP contribution in [-0.2, 0) is 4.79 Å². The summed E-state index contributed by atoms with van der Waals surface area (Å²) in [4.78, 5) is 13.7. The van der Waals surface area contributed by atoms with Crippen molar-refractivity contribution >= 4 is 11.6 Å². The Morgan fingerprint density at radius 3 is 2.60 bits per heavy atom. The molecule has 2 N–H and O–H groups in total. The van der Waals surface area contributed by atoms with Crippen LogP contribution in [0.25, 0.3) is 0 Å². The number of carbonyl (C=O) groups excluding carboxylic acids is 1. The molecular weight excluding hydrogens is 188 g/mol. The van der Waals surface area contributed by atoms with Gasteiger partial charge in [-0.15, -0.1) is 0 Å². The van der Waals surface area contributed by atoms with E-state index in [0.717, 1.165) is 18.7 Å². The first kappa shape index (κ1) is 10.2. The maximum atomic E-state index is 11.9. The summed E-state index contributed by atoms with van der Waals surface area (Å²) in [6.07, 6.45) is 0.878. The molecule has 2 rings (SSSR count). The predicted octanol–water partition coefficient (Wildman–Crippen LogP) is 1.31. The third kappa shape index (κ3) is 1.88. The summed E-state index contributed by atoms with van der Waals surface area (Å²) in [6.45, 7) is 3.29. The van der Waals surface area contributed by atoms with E-state index in [4.69, 9.17) is 5.73 Å². The quantitative estimate of drug-likeness (QED) is 0.789. The summed E-state index contributed by atoms with van der Waals surface area (Å²) >= 11 is 0. The number of hydrogen-bond acceptors (Lipinski definition) is 2. The van der Waals surface area contributed by atoms with Crippen LogP contribution in [0.15, 0.2) is 24.3 Å². The van der Waals surface area contributed by atoms with Crippen molar-refractivity contribution in [3.8, 4) is 0 Å². The molecule has 1 amide bonds. The minimum absolute atomic E-state index is 0.0197. The van der Waals surface area contributed by atoms with Gasteiger partial charge in [-0.1, -0.05) is 17.7 Å². The number of hydrogen-bond donors (Lipinski definition) is 1. The number of nitrogens with zero attached hydrogens (tertiary/aromatic N) is 1. The summed E-state index contributed by atoms with van der Waals surface area (Å²) in [5.74, 6) is 0.188. The molecule has 80 valence electrons. The highest BCUT2D eigenvalue weighted by molar-refractivity contribution is 5.97. The van der Waals surface area contributed by atoms with Gasteiger partial charge < -0.3 is 10.6 Å². The number of benzene rings is 1. The van der Waals surface area contributed by atoms with E-state index >= 15 is 0 Å². The average Bonchev–Trinajstić information content (AvgIpc) is 2.61. The molecule has 1 aliphatic rings. The zero-order valence-corrected chi connectivity index (χ0v) is 8.94. The average molecular weight is 204 g/mol. The van der Waals surface area contributed by atoms with E-state index < -0.39 is 0 Å². The molecule has 1 aliphatic heterocycles. The van der Waals surface area contributed by atoms with Gasteiger partial charge in [-0.2, -0.15) is 0 Å². The Balaban J connectivity index is 2.19. The van der Waals surface area contributed by atoms with Gasteiger partial charge in [-0.25, -0.2) is 0 Å². The SMILES string of the molecule is Cc1ccc(N2CCC(CN)C2=O)cc1. The summed E-state index contributed by atoms with van der Waals surface area (Å²) in [6, 6.07) is 8.04.